The topological polar surface area (TPSA) is 192 Å². The third-order valence-electron chi connectivity index (χ3n) is 8.12. The number of ether oxygens (including phenoxy) is 2. The number of carboxylic acid groups (broad SMARTS) is 1. The monoisotopic (exact) mass is 845 g/mol. The number of carbonyl (C=O) groups is 3. The van der Waals surface area contributed by atoms with E-state index in [0.717, 1.165) is 77.0 Å². The van der Waals surface area contributed by atoms with E-state index in [1.807, 2.05) is 12.2 Å². The molecule has 0 radical (unpaired) electrons. The van der Waals surface area contributed by atoms with Gasteiger partial charge in [-0.2, -0.15) is 0 Å². The summed E-state index contributed by atoms with van der Waals surface area (Å²) in [5.41, 5.74) is 5.32. The maximum Gasteiger partial charge on any atom is 0.472 e. The molecule has 0 aliphatic carbocycles. The lowest BCUT2D eigenvalue weighted by Gasteiger charge is -2.20. The second kappa shape index (κ2) is 39.6. The molecule has 0 aliphatic rings. The Bertz CT molecular complexity index is 1430. The molecule has 2 unspecified atom stereocenters. The zero-order chi connectivity index (χ0) is 43.7. The van der Waals surface area contributed by atoms with E-state index in [2.05, 4.69) is 103 Å². The lowest BCUT2D eigenvalue weighted by atomic mass is 10.1. The van der Waals surface area contributed by atoms with Crippen LogP contribution in [0.2, 0.25) is 0 Å². The van der Waals surface area contributed by atoms with Gasteiger partial charge in [0.15, 0.2) is 6.10 Å². The van der Waals surface area contributed by atoms with E-state index in [0.29, 0.717) is 19.3 Å². The van der Waals surface area contributed by atoms with Crippen LogP contribution in [0.4, 0.5) is 0 Å². The molecule has 0 saturated heterocycles. The number of rotatable bonds is 37. The van der Waals surface area contributed by atoms with Crippen LogP contribution in [-0.4, -0.2) is 71.1 Å². The zero-order valence-corrected chi connectivity index (χ0v) is 36.3. The van der Waals surface area contributed by atoms with E-state index < -0.39 is 63.8 Å². The number of hydrogen-bond acceptors (Lipinski definition) is 10. The predicted molar refractivity (Wildman–Crippen MR) is 236 cm³/mol. The molecule has 0 fully saturated rings. The highest BCUT2D eigenvalue weighted by atomic mass is 31.2. The SMILES string of the molecule is CC/C=C\C/C=C\C/C=C\C/C=C\C=C\C(O)CCCC(=O)OC[C@H](COP(=O)(O)OC[C@H](N)C(=O)O)OC(=O)CCCCCC/C=C\C/C=C\C/C=C\C/C=C\CC. The Hall–Kier alpha value is -3.90. The summed E-state index contributed by atoms with van der Waals surface area (Å²) in [6.45, 7) is 2.32. The number of phosphoric ester groups is 1. The number of aliphatic carboxylic acids is 1. The Balaban J connectivity index is 4.65. The molecule has 5 N–H and O–H groups in total. The Labute approximate surface area is 353 Å². The minimum absolute atomic E-state index is 0.0218. The molecule has 0 heterocycles. The molecule has 59 heavy (non-hydrogen) atoms. The minimum atomic E-state index is -4.78. The summed E-state index contributed by atoms with van der Waals surface area (Å²) in [6.07, 6.45) is 47.6. The molecule has 0 saturated carbocycles. The molecule has 332 valence electrons. The average molecular weight is 846 g/mol. The van der Waals surface area contributed by atoms with Crippen molar-refractivity contribution in [2.75, 3.05) is 19.8 Å². The van der Waals surface area contributed by atoms with Gasteiger partial charge in [-0.25, -0.2) is 4.57 Å². The summed E-state index contributed by atoms with van der Waals surface area (Å²) >= 11 is 0. The van der Waals surface area contributed by atoms with Gasteiger partial charge in [0.05, 0.1) is 19.3 Å². The Morgan fingerprint density at radius 1 is 0.610 bits per heavy atom. The Morgan fingerprint density at radius 3 is 1.66 bits per heavy atom. The molecule has 0 amide bonds. The number of aliphatic hydroxyl groups excluding tert-OH is 1. The third kappa shape index (κ3) is 39.3. The van der Waals surface area contributed by atoms with E-state index >= 15 is 0 Å². The molecule has 0 spiro atoms. The molecule has 0 aromatic carbocycles. The summed E-state index contributed by atoms with van der Waals surface area (Å²) in [6, 6.07) is -1.56. The van der Waals surface area contributed by atoms with Crippen molar-refractivity contribution in [2.45, 2.75) is 141 Å². The molecule has 13 heteroatoms. The predicted octanol–water partition coefficient (Wildman–Crippen LogP) is 10.0. The van der Waals surface area contributed by atoms with Crippen molar-refractivity contribution in [1.29, 1.82) is 0 Å². The van der Waals surface area contributed by atoms with Crippen molar-refractivity contribution in [3.8, 4) is 0 Å². The third-order valence-corrected chi connectivity index (χ3v) is 9.07. The molecule has 0 aromatic rings. The van der Waals surface area contributed by atoms with E-state index in [9.17, 15) is 28.9 Å². The second-order valence-electron chi connectivity index (χ2n) is 13.6. The first-order chi connectivity index (χ1) is 28.5. The Kier molecular flexibility index (Phi) is 36.9. The first-order valence-corrected chi connectivity index (χ1v) is 22.5. The van der Waals surface area contributed by atoms with Crippen molar-refractivity contribution >= 4 is 25.7 Å². The molecule has 0 aliphatic heterocycles. The summed E-state index contributed by atoms with van der Waals surface area (Å²) in [4.78, 5) is 46.0. The zero-order valence-electron chi connectivity index (χ0n) is 35.4. The van der Waals surface area contributed by atoms with Crippen LogP contribution in [0.3, 0.4) is 0 Å². The molecule has 0 aromatic heterocycles. The fourth-order valence-electron chi connectivity index (χ4n) is 4.85. The standard InChI is InChI=1S/C46H72NO11P/c1-3-5-7-9-11-13-15-17-18-19-20-22-24-26-28-30-32-36-45(50)58-42(39-56-59(53,54)57-40-43(47)46(51)52)38-55-44(49)37-33-35-41(48)34-31-29-27-25-23-21-16-14-12-10-8-6-4-2/h5-8,11-14,17-18,20-23,27,29,31,34,41-43,48H,3-4,9-10,15-16,19,24-26,28,30,32-33,35-40,47H2,1-2H3,(H,51,52)(H,53,54)/b7-5-,8-6-,13-11-,14-12-,18-17-,22-20-,23-21-,29-27-,34-31+/t41?,42-,43+/m1/s1. The maximum absolute atomic E-state index is 12.6. The number of esters is 2. The fourth-order valence-corrected chi connectivity index (χ4v) is 5.63. The second-order valence-corrected chi connectivity index (χ2v) is 15.0. The van der Waals surface area contributed by atoms with Gasteiger partial charge in [-0.15, -0.1) is 0 Å². The number of hydrogen-bond donors (Lipinski definition) is 4. The number of allylic oxidation sites excluding steroid dienone is 17. The molecule has 0 rings (SSSR count). The number of phosphoric acid groups is 1. The number of aliphatic hydroxyl groups is 1. The van der Waals surface area contributed by atoms with Crippen LogP contribution < -0.4 is 5.73 Å². The van der Waals surface area contributed by atoms with Crippen molar-refractivity contribution < 1.29 is 52.6 Å². The number of nitrogens with two attached hydrogens (primary N) is 1. The van der Waals surface area contributed by atoms with Gasteiger partial charge >= 0.3 is 25.7 Å². The summed E-state index contributed by atoms with van der Waals surface area (Å²) in [5, 5.41) is 19.1. The number of carbonyl (C=O) groups excluding carboxylic acids is 2. The van der Waals surface area contributed by atoms with E-state index in [1.165, 1.54) is 0 Å². The van der Waals surface area contributed by atoms with Crippen LogP contribution in [0, 0.1) is 0 Å². The van der Waals surface area contributed by atoms with Gasteiger partial charge in [0.1, 0.15) is 12.6 Å². The van der Waals surface area contributed by atoms with Gasteiger partial charge in [-0.1, -0.05) is 136 Å². The average Bonchev–Trinajstić information content (AvgIpc) is 3.20. The van der Waals surface area contributed by atoms with Gasteiger partial charge in [-0.05, 0) is 83.5 Å². The van der Waals surface area contributed by atoms with Crippen LogP contribution in [-0.2, 0) is 37.5 Å². The maximum atomic E-state index is 12.6. The van der Waals surface area contributed by atoms with Crippen LogP contribution in [0.25, 0.3) is 0 Å². The first kappa shape index (κ1) is 55.1. The van der Waals surface area contributed by atoms with Crippen LogP contribution >= 0.6 is 7.82 Å². The molecule has 12 nitrogen and oxygen atoms in total. The summed E-state index contributed by atoms with van der Waals surface area (Å²) in [7, 11) is -4.78. The fraction of sp³-hybridized carbons (Fsp3) is 0.543. The van der Waals surface area contributed by atoms with Gasteiger partial charge in [0.2, 0.25) is 0 Å². The first-order valence-electron chi connectivity index (χ1n) is 21.0. The van der Waals surface area contributed by atoms with Crippen molar-refractivity contribution in [3.63, 3.8) is 0 Å². The van der Waals surface area contributed by atoms with Gasteiger partial charge in [0, 0.05) is 12.8 Å². The Morgan fingerprint density at radius 2 is 1.10 bits per heavy atom. The van der Waals surface area contributed by atoms with Crippen molar-refractivity contribution in [1.82, 2.24) is 0 Å². The van der Waals surface area contributed by atoms with Crippen molar-refractivity contribution in [3.05, 3.63) is 109 Å². The highest BCUT2D eigenvalue weighted by Gasteiger charge is 2.28. The van der Waals surface area contributed by atoms with Crippen LogP contribution in [0.1, 0.15) is 123 Å². The smallest absolute Gasteiger partial charge is 0.472 e. The lowest BCUT2D eigenvalue weighted by Crippen LogP contribution is -2.34. The largest absolute Gasteiger partial charge is 0.480 e. The van der Waals surface area contributed by atoms with Gasteiger partial charge in [-0.3, -0.25) is 23.4 Å². The van der Waals surface area contributed by atoms with E-state index in [1.54, 1.807) is 12.2 Å². The molecular weight excluding hydrogens is 773 g/mol. The number of unbranched alkanes of at least 4 members (excludes halogenated alkanes) is 4. The van der Waals surface area contributed by atoms with Crippen molar-refractivity contribution in [2.24, 2.45) is 5.73 Å². The summed E-state index contributed by atoms with van der Waals surface area (Å²) in [5.74, 6) is -2.66. The molecule has 4 atom stereocenters. The van der Waals surface area contributed by atoms with Gasteiger partial charge < -0.3 is 30.3 Å². The highest BCUT2D eigenvalue weighted by molar-refractivity contribution is 7.47. The number of carboxylic acids is 1. The lowest BCUT2D eigenvalue weighted by molar-refractivity contribution is -0.161. The minimum Gasteiger partial charge on any atom is -0.480 e. The van der Waals surface area contributed by atoms with Crippen LogP contribution in [0.5, 0.6) is 0 Å². The molecule has 0 bridgehead atoms. The highest BCUT2D eigenvalue weighted by Crippen LogP contribution is 2.43. The van der Waals surface area contributed by atoms with Crippen LogP contribution in [0.15, 0.2) is 109 Å². The molecular formula is C46H72NO11P. The van der Waals surface area contributed by atoms with E-state index in [-0.39, 0.29) is 12.8 Å². The normalized spacial score (nSPS) is 15.3. The van der Waals surface area contributed by atoms with E-state index in [4.69, 9.17) is 24.8 Å². The summed E-state index contributed by atoms with van der Waals surface area (Å²) < 4.78 is 32.5. The van der Waals surface area contributed by atoms with Gasteiger partial charge in [0.25, 0.3) is 0 Å². The quantitative estimate of drug-likeness (QED) is 0.0152.